The van der Waals surface area contributed by atoms with Crippen molar-refractivity contribution >= 4 is 11.7 Å². The Kier molecular flexibility index (Phi) is 8.34. The summed E-state index contributed by atoms with van der Waals surface area (Å²) in [6, 6.07) is 6.31. The van der Waals surface area contributed by atoms with Crippen LogP contribution in [0.5, 0.6) is 0 Å². The first-order chi connectivity index (χ1) is 12.1. The van der Waals surface area contributed by atoms with Crippen molar-refractivity contribution < 1.29 is 19.2 Å². The average molecular weight is 350 g/mol. The minimum atomic E-state index is -0.428. The Hall–Kier alpha value is -1.99. The highest BCUT2D eigenvalue weighted by molar-refractivity contribution is 5.69. The number of carbonyl (C=O) groups is 1. The van der Waals surface area contributed by atoms with Gasteiger partial charge in [0.25, 0.3) is 5.69 Å². The SMILES string of the molecule is O=C(CCCCCN1CCOCC1)OCCc1ccc([N+](=O)[O-])cc1. The summed E-state index contributed by atoms with van der Waals surface area (Å²) < 4.78 is 10.5. The molecule has 0 saturated carbocycles. The number of nitro benzene ring substituents is 1. The van der Waals surface area contributed by atoms with Gasteiger partial charge in [-0.05, 0) is 24.9 Å². The fourth-order valence-corrected chi connectivity index (χ4v) is 2.75. The van der Waals surface area contributed by atoms with Crippen LogP contribution in [0.1, 0.15) is 31.2 Å². The zero-order valence-electron chi connectivity index (χ0n) is 14.5. The van der Waals surface area contributed by atoms with Gasteiger partial charge in [0.2, 0.25) is 0 Å². The number of benzene rings is 1. The van der Waals surface area contributed by atoms with Crippen molar-refractivity contribution in [2.45, 2.75) is 32.1 Å². The molecule has 138 valence electrons. The second kappa shape index (κ2) is 10.8. The molecule has 0 aliphatic carbocycles. The van der Waals surface area contributed by atoms with Crippen LogP contribution in [0.2, 0.25) is 0 Å². The molecule has 1 aromatic carbocycles. The number of esters is 1. The summed E-state index contributed by atoms with van der Waals surface area (Å²) >= 11 is 0. The third-order valence-corrected chi connectivity index (χ3v) is 4.26. The molecule has 0 bridgehead atoms. The first-order valence-electron chi connectivity index (χ1n) is 8.84. The second-order valence-electron chi connectivity index (χ2n) is 6.16. The number of nitro groups is 1. The number of unbranched alkanes of at least 4 members (excludes halogenated alkanes) is 2. The number of non-ortho nitro benzene ring substituents is 1. The van der Waals surface area contributed by atoms with Gasteiger partial charge in [-0.3, -0.25) is 19.8 Å². The van der Waals surface area contributed by atoms with E-state index < -0.39 is 4.92 Å². The van der Waals surface area contributed by atoms with Gasteiger partial charge in [-0.1, -0.05) is 18.6 Å². The van der Waals surface area contributed by atoms with Crippen LogP contribution in [0, 0.1) is 10.1 Å². The molecule has 0 atom stereocenters. The van der Waals surface area contributed by atoms with Crippen molar-refractivity contribution in [3.63, 3.8) is 0 Å². The number of ether oxygens (including phenoxy) is 2. The highest BCUT2D eigenvalue weighted by Gasteiger charge is 2.10. The zero-order chi connectivity index (χ0) is 17.9. The topological polar surface area (TPSA) is 81.9 Å². The predicted octanol–water partition coefficient (Wildman–Crippen LogP) is 2.57. The van der Waals surface area contributed by atoms with E-state index in [1.165, 1.54) is 12.1 Å². The van der Waals surface area contributed by atoms with Gasteiger partial charge in [0.1, 0.15) is 0 Å². The monoisotopic (exact) mass is 350 g/mol. The van der Waals surface area contributed by atoms with Crippen molar-refractivity contribution in [1.82, 2.24) is 4.90 Å². The number of rotatable bonds is 10. The van der Waals surface area contributed by atoms with Gasteiger partial charge in [0, 0.05) is 38.1 Å². The molecular weight excluding hydrogens is 324 g/mol. The van der Waals surface area contributed by atoms with Gasteiger partial charge in [-0.15, -0.1) is 0 Å². The van der Waals surface area contributed by atoms with Gasteiger partial charge in [0.15, 0.2) is 0 Å². The van der Waals surface area contributed by atoms with E-state index in [1.807, 2.05) is 0 Å². The van der Waals surface area contributed by atoms with Crippen LogP contribution in [0.4, 0.5) is 5.69 Å². The third kappa shape index (κ3) is 7.62. The molecular formula is C18H26N2O5. The van der Waals surface area contributed by atoms with Crippen molar-refractivity contribution in [2.24, 2.45) is 0 Å². The van der Waals surface area contributed by atoms with Crippen LogP contribution < -0.4 is 0 Å². The maximum absolute atomic E-state index is 11.7. The molecule has 1 aromatic rings. The number of morpholine rings is 1. The maximum Gasteiger partial charge on any atom is 0.305 e. The molecule has 7 nitrogen and oxygen atoms in total. The number of carbonyl (C=O) groups excluding carboxylic acids is 1. The van der Waals surface area contributed by atoms with E-state index in [2.05, 4.69) is 4.90 Å². The van der Waals surface area contributed by atoms with Crippen LogP contribution in [0.15, 0.2) is 24.3 Å². The van der Waals surface area contributed by atoms with E-state index in [0.29, 0.717) is 19.4 Å². The van der Waals surface area contributed by atoms with E-state index in [0.717, 1.165) is 57.7 Å². The predicted molar refractivity (Wildman–Crippen MR) is 93.5 cm³/mol. The minimum absolute atomic E-state index is 0.0674. The van der Waals surface area contributed by atoms with Crippen molar-refractivity contribution in [3.05, 3.63) is 39.9 Å². The summed E-state index contributed by atoms with van der Waals surface area (Å²) in [5.41, 5.74) is 0.988. The van der Waals surface area contributed by atoms with Gasteiger partial charge in [-0.25, -0.2) is 0 Å². The molecule has 7 heteroatoms. The first-order valence-corrected chi connectivity index (χ1v) is 8.84. The van der Waals surface area contributed by atoms with Gasteiger partial charge in [0.05, 0.1) is 24.7 Å². The molecule has 0 N–H and O–H groups in total. The lowest BCUT2D eigenvalue weighted by atomic mass is 10.1. The Morgan fingerprint density at radius 2 is 1.88 bits per heavy atom. The Balaban J connectivity index is 1.49. The number of nitrogens with zero attached hydrogens (tertiary/aromatic N) is 2. The molecule has 1 heterocycles. The molecule has 0 unspecified atom stereocenters. The Morgan fingerprint density at radius 1 is 1.16 bits per heavy atom. The summed E-state index contributed by atoms with van der Waals surface area (Å²) in [6.45, 7) is 5.03. The average Bonchev–Trinajstić information content (AvgIpc) is 2.63. The van der Waals surface area contributed by atoms with Crippen LogP contribution in [0.3, 0.4) is 0 Å². The number of hydrogen-bond acceptors (Lipinski definition) is 6. The summed E-state index contributed by atoms with van der Waals surface area (Å²) in [4.78, 5) is 24.3. The standard InChI is InChI=1S/C18H26N2O5/c21-18(4-2-1-3-10-19-11-14-24-15-12-19)25-13-9-16-5-7-17(8-6-16)20(22)23/h5-8H,1-4,9-15H2. The number of hydrogen-bond donors (Lipinski definition) is 0. The van der Waals surface area contributed by atoms with E-state index in [-0.39, 0.29) is 11.7 Å². The molecule has 0 aromatic heterocycles. The van der Waals surface area contributed by atoms with E-state index in [9.17, 15) is 14.9 Å². The fourth-order valence-electron chi connectivity index (χ4n) is 2.75. The first kappa shape index (κ1) is 19.3. The largest absolute Gasteiger partial charge is 0.465 e. The smallest absolute Gasteiger partial charge is 0.305 e. The van der Waals surface area contributed by atoms with Crippen molar-refractivity contribution in [3.8, 4) is 0 Å². The lowest BCUT2D eigenvalue weighted by molar-refractivity contribution is -0.384. The van der Waals surface area contributed by atoms with Crippen LogP contribution in [-0.4, -0.2) is 55.2 Å². The molecule has 2 rings (SSSR count). The molecule has 0 radical (unpaired) electrons. The maximum atomic E-state index is 11.7. The molecule has 1 saturated heterocycles. The summed E-state index contributed by atoms with van der Waals surface area (Å²) in [5.74, 6) is -0.173. The summed E-state index contributed by atoms with van der Waals surface area (Å²) in [5, 5.41) is 10.6. The van der Waals surface area contributed by atoms with Gasteiger partial charge >= 0.3 is 5.97 Å². The highest BCUT2D eigenvalue weighted by atomic mass is 16.6. The Bertz CT molecular complexity index is 541. The lowest BCUT2D eigenvalue weighted by Crippen LogP contribution is -2.36. The van der Waals surface area contributed by atoms with Gasteiger partial charge < -0.3 is 9.47 Å². The van der Waals surface area contributed by atoms with E-state index in [4.69, 9.17) is 9.47 Å². The zero-order valence-corrected chi connectivity index (χ0v) is 14.5. The second-order valence-corrected chi connectivity index (χ2v) is 6.16. The van der Waals surface area contributed by atoms with Crippen LogP contribution >= 0.6 is 0 Å². The quantitative estimate of drug-likeness (QED) is 0.279. The highest BCUT2D eigenvalue weighted by Crippen LogP contribution is 2.12. The molecule has 0 spiro atoms. The molecule has 1 aliphatic heterocycles. The Morgan fingerprint density at radius 3 is 2.56 bits per heavy atom. The molecule has 0 amide bonds. The van der Waals surface area contributed by atoms with Gasteiger partial charge in [-0.2, -0.15) is 0 Å². The van der Waals surface area contributed by atoms with Crippen molar-refractivity contribution in [1.29, 1.82) is 0 Å². The minimum Gasteiger partial charge on any atom is -0.465 e. The molecule has 1 fully saturated rings. The van der Waals surface area contributed by atoms with Crippen molar-refractivity contribution in [2.75, 3.05) is 39.5 Å². The lowest BCUT2D eigenvalue weighted by Gasteiger charge is -2.26. The molecule has 25 heavy (non-hydrogen) atoms. The van der Waals surface area contributed by atoms with E-state index in [1.54, 1.807) is 12.1 Å². The van der Waals surface area contributed by atoms with Crippen LogP contribution in [0.25, 0.3) is 0 Å². The van der Waals surface area contributed by atoms with E-state index >= 15 is 0 Å². The summed E-state index contributed by atoms with van der Waals surface area (Å²) in [6.07, 6.45) is 3.98. The Labute approximate surface area is 148 Å². The normalized spacial score (nSPS) is 15.0. The third-order valence-electron chi connectivity index (χ3n) is 4.26. The summed E-state index contributed by atoms with van der Waals surface area (Å²) in [7, 11) is 0. The fraction of sp³-hybridized carbons (Fsp3) is 0.611. The van der Waals surface area contributed by atoms with Crippen LogP contribution in [-0.2, 0) is 20.7 Å². The molecule has 1 aliphatic rings.